The molecule has 2 aromatic rings. The molecule has 0 aliphatic carbocycles. The summed E-state index contributed by atoms with van der Waals surface area (Å²) in [6, 6.07) is 14.6. The van der Waals surface area contributed by atoms with Gasteiger partial charge in [0, 0.05) is 30.8 Å². The third kappa shape index (κ3) is 4.34. The van der Waals surface area contributed by atoms with E-state index >= 15 is 0 Å². The van der Waals surface area contributed by atoms with Crippen molar-refractivity contribution in [1.29, 1.82) is 0 Å². The van der Waals surface area contributed by atoms with Crippen molar-refractivity contribution in [2.75, 3.05) is 25.0 Å². The molecule has 2 N–H and O–H groups in total. The number of piperidine rings is 3. The van der Waals surface area contributed by atoms with Crippen LogP contribution in [0.25, 0.3) is 0 Å². The SMILES string of the molecule is CC(=O)Nc1ccc(Oc2ccc(C(=O)N[C@H]3CN4CCC3CC4)cc2)cc1. The van der Waals surface area contributed by atoms with Crippen LogP contribution < -0.4 is 15.4 Å². The van der Waals surface area contributed by atoms with Crippen molar-refractivity contribution >= 4 is 17.5 Å². The average Bonchev–Trinajstić information content (AvgIpc) is 2.70. The quantitative estimate of drug-likeness (QED) is 0.837. The number of fused-ring (bicyclic) bond motifs is 3. The van der Waals surface area contributed by atoms with E-state index in [9.17, 15) is 9.59 Å². The lowest BCUT2D eigenvalue weighted by atomic mass is 9.84. The summed E-state index contributed by atoms with van der Waals surface area (Å²) in [5.41, 5.74) is 1.37. The fourth-order valence-corrected chi connectivity index (χ4v) is 4.00. The molecular weight excluding hydrogens is 354 g/mol. The summed E-state index contributed by atoms with van der Waals surface area (Å²) in [6.45, 7) is 4.76. The summed E-state index contributed by atoms with van der Waals surface area (Å²) in [5, 5.41) is 5.92. The Kier molecular flexibility index (Phi) is 5.30. The Bertz CT molecular complexity index is 840. The molecule has 0 saturated carbocycles. The van der Waals surface area contributed by atoms with Crippen LogP contribution >= 0.6 is 0 Å². The summed E-state index contributed by atoms with van der Waals surface area (Å²) in [5.74, 6) is 1.80. The zero-order valence-electron chi connectivity index (χ0n) is 16.0. The van der Waals surface area contributed by atoms with E-state index in [2.05, 4.69) is 15.5 Å². The highest BCUT2D eigenvalue weighted by Gasteiger charge is 2.34. The number of carbonyl (C=O) groups excluding carboxylic acids is 2. The first-order valence-electron chi connectivity index (χ1n) is 9.75. The van der Waals surface area contributed by atoms with E-state index in [1.165, 1.54) is 19.8 Å². The van der Waals surface area contributed by atoms with E-state index in [0.29, 0.717) is 23.0 Å². The van der Waals surface area contributed by atoms with Gasteiger partial charge >= 0.3 is 0 Å². The van der Waals surface area contributed by atoms with Crippen LogP contribution in [0.5, 0.6) is 11.5 Å². The van der Waals surface area contributed by atoms with Crippen molar-refractivity contribution in [2.24, 2.45) is 5.92 Å². The number of benzene rings is 2. The molecule has 2 amide bonds. The number of carbonyl (C=O) groups is 2. The van der Waals surface area contributed by atoms with E-state index in [4.69, 9.17) is 4.74 Å². The standard InChI is InChI=1S/C22H25N3O3/c1-15(26)23-18-4-8-20(9-5-18)28-19-6-2-17(3-7-19)22(27)24-21-14-25-12-10-16(21)11-13-25/h2-9,16,21H,10-14H2,1H3,(H,23,26)(H,24,27)/t21-/m0/s1. The molecule has 146 valence electrons. The van der Waals surface area contributed by atoms with Gasteiger partial charge in [0.2, 0.25) is 5.91 Å². The molecule has 0 radical (unpaired) electrons. The maximum absolute atomic E-state index is 12.6. The first-order chi connectivity index (χ1) is 13.6. The lowest BCUT2D eigenvalue weighted by Crippen LogP contribution is -2.57. The van der Waals surface area contributed by atoms with Crippen LogP contribution in [0.1, 0.15) is 30.1 Å². The van der Waals surface area contributed by atoms with Gasteiger partial charge in [0.1, 0.15) is 11.5 Å². The summed E-state index contributed by atoms with van der Waals surface area (Å²) < 4.78 is 5.81. The van der Waals surface area contributed by atoms with Gasteiger partial charge in [-0.25, -0.2) is 0 Å². The van der Waals surface area contributed by atoms with Gasteiger partial charge in [0.15, 0.2) is 0 Å². The summed E-state index contributed by atoms with van der Waals surface area (Å²) in [4.78, 5) is 26.1. The fraction of sp³-hybridized carbons (Fsp3) is 0.364. The molecule has 6 nitrogen and oxygen atoms in total. The molecule has 5 rings (SSSR count). The Labute approximate surface area is 164 Å². The molecule has 3 saturated heterocycles. The largest absolute Gasteiger partial charge is 0.457 e. The number of ether oxygens (including phenoxy) is 1. The smallest absolute Gasteiger partial charge is 0.251 e. The van der Waals surface area contributed by atoms with Crippen molar-refractivity contribution in [3.8, 4) is 11.5 Å². The van der Waals surface area contributed by atoms with E-state index < -0.39 is 0 Å². The highest BCUT2D eigenvalue weighted by molar-refractivity contribution is 5.94. The molecule has 28 heavy (non-hydrogen) atoms. The van der Waals surface area contributed by atoms with Crippen molar-refractivity contribution in [1.82, 2.24) is 10.2 Å². The number of nitrogens with zero attached hydrogens (tertiary/aromatic N) is 1. The topological polar surface area (TPSA) is 70.7 Å². The van der Waals surface area contributed by atoms with Crippen LogP contribution in [-0.2, 0) is 4.79 Å². The summed E-state index contributed by atoms with van der Waals surface area (Å²) >= 11 is 0. The number of hydrogen-bond acceptors (Lipinski definition) is 4. The minimum Gasteiger partial charge on any atom is -0.457 e. The van der Waals surface area contributed by atoms with Gasteiger partial charge in [-0.3, -0.25) is 9.59 Å². The molecule has 0 spiro atoms. The second-order valence-electron chi connectivity index (χ2n) is 7.55. The van der Waals surface area contributed by atoms with Crippen molar-refractivity contribution in [3.63, 3.8) is 0 Å². The van der Waals surface area contributed by atoms with E-state index in [0.717, 1.165) is 25.3 Å². The molecule has 3 aliphatic rings. The highest BCUT2D eigenvalue weighted by Crippen LogP contribution is 2.28. The normalized spacial score (nSPS) is 23.1. The predicted molar refractivity (Wildman–Crippen MR) is 108 cm³/mol. The Morgan fingerprint density at radius 2 is 1.57 bits per heavy atom. The van der Waals surface area contributed by atoms with Crippen molar-refractivity contribution in [2.45, 2.75) is 25.8 Å². The average molecular weight is 379 g/mol. The monoisotopic (exact) mass is 379 g/mol. The molecule has 6 heteroatoms. The van der Waals surface area contributed by atoms with Crippen LogP contribution in [0.4, 0.5) is 5.69 Å². The number of rotatable bonds is 5. The van der Waals surface area contributed by atoms with Gasteiger partial charge in [-0.1, -0.05) is 0 Å². The minimum absolute atomic E-state index is 0.0232. The van der Waals surface area contributed by atoms with Gasteiger partial charge in [-0.2, -0.15) is 0 Å². The highest BCUT2D eigenvalue weighted by atomic mass is 16.5. The Morgan fingerprint density at radius 3 is 2.11 bits per heavy atom. The number of anilines is 1. The summed E-state index contributed by atoms with van der Waals surface area (Å²) in [7, 11) is 0. The number of nitrogens with one attached hydrogen (secondary N) is 2. The van der Waals surface area contributed by atoms with Gasteiger partial charge < -0.3 is 20.3 Å². The molecule has 0 unspecified atom stereocenters. The molecule has 0 aromatic heterocycles. The first kappa shape index (κ1) is 18.5. The lowest BCUT2D eigenvalue weighted by molar-refractivity contribution is -0.114. The zero-order valence-corrected chi connectivity index (χ0v) is 16.0. The molecule has 1 atom stereocenters. The number of amides is 2. The van der Waals surface area contributed by atoms with Crippen LogP contribution in [0, 0.1) is 5.92 Å². The Balaban J connectivity index is 1.34. The maximum Gasteiger partial charge on any atom is 0.251 e. The lowest BCUT2D eigenvalue weighted by Gasteiger charge is -2.44. The molecule has 3 fully saturated rings. The first-order valence-corrected chi connectivity index (χ1v) is 9.75. The molecular formula is C22H25N3O3. The number of hydrogen-bond donors (Lipinski definition) is 2. The second kappa shape index (κ2) is 8.02. The molecule has 2 bridgehead atoms. The maximum atomic E-state index is 12.6. The minimum atomic E-state index is -0.110. The second-order valence-corrected chi connectivity index (χ2v) is 7.55. The van der Waals surface area contributed by atoms with Gasteiger partial charge in [-0.15, -0.1) is 0 Å². The third-order valence-electron chi connectivity index (χ3n) is 5.50. The predicted octanol–water partition coefficient (Wildman–Crippen LogP) is 3.26. The molecule has 2 aromatic carbocycles. The van der Waals surface area contributed by atoms with Gasteiger partial charge in [0.25, 0.3) is 5.91 Å². The van der Waals surface area contributed by atoms with E-state index in [1.54, 1.807) is 48.5 Å². The zero-order chi connectivity index (χ0) is 19.5. The van der Waals surface area contributed by atoms with Gasteiger partial charge in [-0.05, 0) is 80.4 Å². The Hall–Kier alpha value is -2.86. The fourth-order valence-electron chi connectivity index (χ4n) is 4.00. The van der Waals surface area contributed by atoms with Crippen LogP contribution in [-0.4, -0.2) is 42.4 Å². The van der Waals surface area contributed by atoms with Crippen molar-refractivity contribution in [3.05, 3.63) is 54.1 Å². The van der Waals surface area contributed by atoms with Crippen LogP contribution in [0.2, 0.25) is 0 Å². The third-order valence-corrected chi connectivity index (χ3v) is 5.50. The Morgan fingerprint density at radius 1 is 0.964 bits per heavy atom. The van der Waals surface area contributed by atoms with Crippen LogP contribution in [0.15, 0.2) is 48.5 Å². The van der Waals surface area contributed by atoms with Gasteiger partial charge in [0.05, 0.1) is 0 Å². The van der Waals surface area contributed by atoms with Crippen LogP contribution in [0.3, 0.4) is 0 Å². The molecule has 3 aliphatic heterocycles. The summed E-state index contributed by atoms with van der Waals surface area (Å²) in [6.07, 6.45) is 2.36. The van der Waals surface area contributed by atoms with E-state index in [1.807, 2.05) is 0 Å². The molecule has 3 heterocycles. The van der Waals surface area contributed by atoms with E-state index in [-0.39, 0.29) is 17.9 Å². The van der Waals surface area contributed by atoms with Crippen molar-refractivity contribution < 1.29 is 14.3 Å².